The molecular formula is C32H39N3O5. The molecular weight excluding hydrogens is 506 g/mol. The summed E-state index contributed by atoms with van der Waals surface area (Å²) in [5, 5.41) is 6.73. The predicted octanol–water partition coefficient (Wildman–Crippen LogP) is 6.55. The van der Waals surface area contributed by atoms with Gasteiger partial charge in [0, 0.05) is 29.6 Å². The Balaban J connectivity index is 0.000000376. The Hall–Kier alpha value is -4.35. The normalized spacial score (nSPS) is 17.0. The van der Waals surface area contributed by atoms with Crippen molar-refractivity contribution in [1.82, 2.24) is 10.3 Å². The highest BCUT2D eigenvalue weighted by Crippen LogP contribution is 2.34. The van der Waals surface area contributed by atoms with E-state index in [-0.39, 0.29) is 0 Å². The third-order valence-corrected chi connectivity index (χ3v) is 5.90. The number of hydrogen-bond acceptors (Lipinski definition) is 8. The number of ether oxygens (including phenoxy) is 4. The van der Waals surface area contributed by atoms with E-state index in [1.165, 1.54) is 5.57 Å². The van der Waals surface area contributed by atoms with Gasteiger partial charge in [0.2, 0.25) is 0 Å². The van der Waals surface area contributed by atoms with E-state index >= 15 is 0 Å². The summed E-state index contributed by atoms with van der Waals surface area (Å²) in [6.07, 6.45) is 24.2. The Bertz CT molecular complexity index is 1260. The number of allylic oxidation sites excluding steroid dienone is 7. The van der Waals surface area contributed by atoms with Crippen LogP contribution in [0, 0.1) is 12.8 Å². The quantitative estimate of drug-likeness (QED) is 0.299. The van der Waals surface area contributed by atoms with Crippen molar-refractivity contribution < 1.29 is 23.4 Å². The van der Waals surface area contributed by atoms with Crippen LogP contribution >= 0.6 is 0 Å². The number of hydrogen-bond donors (Lipinski definition) is 2. The Morgan fingerprint density at radius 3 is 2.60 bits per heavy atom. The Morgan fingerprint density at radius 2 is 1.88 bits per heavy atom. The van der Waals surface area contributed by atoms with E-state index in [4.69, 9.17) is 23.4 Å². The van der Waals surface area contributed by atoms with Gasteiger partial charge in [0.05, 0.1) is 12.8 Å². The molecule has 2 aromatic rings. The highest BCUT2D eigenvalue weighted by molar-refractivity contribution is 5.77. The molecule has 0 saturated carbocycles. The molecule has 0 radical (unpaired) electrons. The van der Waals surface area contributed by atoms with E-state index in [9.17, 15) is 0 Å². The summed E-state index contributed by atoms with van der Waals surface area (Å²) in [7, 11) is 0. The van der Waals surface area contributed by atoms with Crippen molar-refractivity contribution in [2.75, 3.05) is 44.9 Å². The van der Waals surface area contributed by atoms with Gasteiger partial charge in [-0.15, -0.1) is 12.8 Å². The van der Waals surface area contributed by atoms with Crippen LogP contribution in [0.3, 0.4) is 0 Å². The molecule has 1 aromatic carbocycles. The monoisotopic (exact) mass is 545 g/mol. The third kappa shape index (κ3) is 9.14. The molecule has 0 spiro atoms. The third-order valence-electron chi connectivity index (χ3n) is 5.90. The molecule has 3 aliphatic rings. The number of terminal acetylenes is 1. The average Bonchev–Trinajstić information content (AvgIpc) is 3.33. The number of oxazole rings is 1. The minimum Gasteiger partial charge on any atom is -0.493 e. The molecule has 1 fully saturated rings. The van der Waals surface area contributed by atoms with Gasteiger partial charge in [-0.2, -0.15) is 0 Å². The second kappa shape index (κ2) is 16.6. The van der Waals surface area contributed by atoms with Gasteiger partial charge >= 0.3 is 0 Å². The lowest BCUT2D eigenvalue weighted by Crippen LogP contribution is -2.16. The Kier molecular flexibility index (Phi) is 12.5. The molecule has 2 aliphatic heterocycles. The molecule has 2 N–H and O–H groups in total. The molecule has 3 heterocycles. The number of benzene rings is 1. The van der Waals surface area contributed by atoms with Crippen LogP contribution in [0.4, 0.5) is 11.7 Å². The summed E-state index contributed by atoms with van der Waals surface area (Å²) in [5.41, 5.74) is 4.17. The molecule has 1 saturated heterocycles. The second-order valence-corrected chi connectivity index (χ2v) is 8.84. The highest BCUT2D eigenvalue weighted by atomic mass is 16.6. The van der Waals surface area contributed by atoms with Crippen molar-refractivity contribution in [2.24, 2.45) is 0 Å². The number of fused-ring (bicyclic) bond motifs is 1. The molecule has 5 rings (SSSR count). The van der Waals surface area contributed by atoms with Gasteiger partial charge in [0.1, 0.15) is 32.2 Å². The van der Waals surface area contributed by atoms with Crippen LogP contribution in [0.25, 0.3) is 5.57 Å². The first kappa shape index (κ1) is 30.2. The van der Waals surface area contributed by atoms with Crippen molar-refractivity contribution in [2.45, 2.75) is 33.6 Å². The van der Waals surface area contributed by atoms with Crippen LogP contribution in [-0.4, -0.2) is 44.6 Å². The fourth-order valence-electron chi connectivity index (χ4n) is 3.99. The molecule has 8 nitrogen and oxygen atoms in total. The summed E-state index contributed by atoms with van der Waals surface area (Å²) in [4.78, 5) is 4.41. The predicted molar refractivity (Wildman–Crippen MR) is 160 cm³/mol. The fraction of sp³-hybridized carbons (Fsp3) is 0.344. The molecule has 1 aromatic heterocycles. The van der Waals surface area contributed by atoms with Crippen molar-refractivity contribution in [3.8, 4) is 24.3 Å². The van der Waals surface area contributed by atoms with Gasteiger partial charge < -0.3 is 34.0 Å². The smallest absolute Gasteiger partial charge is 0.299 e. The first-order chi connectivity index (χ1) is 19.7. The number of nitrogens with zero attached hydrogens (tertiary/aromatic N) is 1. The summed E-state index contributed by atoms with van der Waals surface area (Å²) in [6, 6.07) is 6.13. The summed E-state index contributed by atoms with van der Waals surface area (Å²) >= 11 is 0. The number of aromatic nitrogens is 1. The van der Waals surface area contributed by atoms with Crippen molar-refractivity contribution in [1.29, 1.82) is 0 Å². The molecule has 0 atom stereocenters. The largest absolute Gasteiger partial charge is 0.493 e. The van der Waals surface area contributed by atoms with Crippen molar-refractivity contribution in [3.05, 3.63) is 83.6 Å². The van der Waals surface area contributed by atoms with Gasteiger partial charge in [-0.05, 0) is 51.0 Å². The summed E-state index contributed by atoms with van der Waals surface area (Å²) < 4.78 is 27.5. The van der Waals surface area contributed by atoms with Gasteiger partial charge in [-0.3, -0.25) is 0 Å². The lowest BCUT2D eigenvalue weighted by atomic mass is 10.1. The average molecular weight is 546 g/mol. The van der Waals surface area contributed by atoms with E-state index in [1.807, 2.05) is 31.2 Å². The fourth-order valence-corrected chi connectivity index (χ4v) is 3.99. The molecule has 0 amide bonds. The van der Waals surface area contributed by atoms with E-state index in [0.717, 1.165) is 66.0 Å². The maximum Gasteiger partial charge on any atom is 0.299 e. The van der Waals surface area contributed by atoms with Crippen LogP contribution in [0.2, 0.25) is 0 Å². The van der Waals surface area contributed by atoms with E-state index in [1.54, 1.807) is 6.20 Å². The van der Waals surface area contributed by atoms with Gasteiger partial charge in [-0.25, -0.2) is 4.98 Å². The van der Waals surface area contributed by atoms with Crippen LogP contribution in [0.15, 0.2) is 82.3 Å². The standard InChI is InChI=1S/C24H27N3O3.C6H10O2.C2H2/c1-3-7-17(2)15-25-20-9-6-4-5-8-19(20)23-16-26-24(30-23)27-18-10-11-21-22(14-18)29-13-12-28-21;1-2-6-5-7-3-4-8-6;1-2/h4,6-11,14,16,25H,3,5,12-13,15H2,1-2H3,(H,26,27);2H,3-5H2,1H3;1-2H/b17-7+;6-2+;. The van der Waals surface area contributed by atoms with Gasteiger partial charge in [0.25, 0.3) is 6.01 Å². The maximum absolute atomic E-state index is 6.03. The van der Waals surface area contributed by atoms with Crippen LogP contribution in [0.5, 0.6) is 11.5 Å². The van der Waals surface area contributed by atoms with Gasteiger partial charge in [-0.1, -0.05) is 36.8 Å². The maximum atomic E-state index is 6.03. The number of nitrogens with one attached hydrogen (secondary N) is 2. The van der Waals surface area contributed by atoms with Gasteiger partial charge in [0.15, 0.2) is 17.3 Å². The van der Waals surface area contributed by atoms with E-state index in [2.05, 4.69) is 72.7 Å². The first-order valence-electron chi connectivity index (χ1n) is 13.4. The van der Waals surface area contributed by atoms with Crippen molar-refractivity contribution >= 4 is 17.3 Å². The first-order valence-corrected chi connectivity index (χ1v) is 13.4. The van der Waals surface area contributed by atoms with Crippen molar-refractivity contribution in [3.63, 3.8) is 0 Å². The SMILES string of the molecule is C#C.C/C=C1\COCCO1.CC/C=C(\C)CNC1=CC=CCC=C1c1cnc(Nc2ccc3c(c2)OCCO3)o1. The van der Waals surface area contributed by atoms with E-state index < -0.39 is 0 Å². The van der Waals surface area contributed by atoms with Crippen LogP contribution in [-0.2, 0) is 9.47 Å². The Labute approximate surface area is 237 Å². The summed E-state index contributed by atoms with van der Waals surface area (Å²) in [5.74, 6) is 3.15. The zero-order chi connectivity index (χ0) is 28.6. The molecule has 212 valence electrons. The minimum atomic E-state index is 0.432. The number of rotatable bonds is 7. The second-order valence-electron chi connectivity index (χ2n) is 8.84. The van der Waals surface area contributed by atoms with Crippen LogP contribution in [0.1, 0.15) is 39.4 Å². The summed E-state index contributed by atoms with van der Waals surface area (Å²) in [6.45, 7) is 10.2. The molecule has 1 aliphatic carbocycles. The number of anilines is 2. The van der Waals surface area contributed by atoms with Crippen LogP contribution < -0.4 is 20.1 Å². The molecule has 0 bridgehead atoms. The van der Waals surface area contributed by atoms with E-state index in [0.29, 0.717) is 32.4 Å². The Morgan fingerprint density at radius 1 is 1.07 bits per heavy atom. The molecule has 8 heteroatoms. The topological polar surface area (TPSA) is 87.0 Å². The molecule has 0 unspecified atom stereocenters. The highest BCUT2D eigenvalue weighted by Gasteiger charge is 2.16. The zero-order valence-corrected chi connectivity index (χ0v) is 23.6. The lowest BCUT2D eigenvalue weighted by Gasteiger charge is -2.18. The zero-order valence-electron chi connectivity index (χ0n) is 23.6. The molecule has 40 heavy (non-hydrogen) atoms. The minimum absolute atomic E-state index is 0.432. The lowest BCUT2D eigenvalue weighted by molar-refractivity contribution is 0.0132.